The van der Waals surface area contributed by atoms with Gasteiger partial charge in [0.1, 0.15) is 128 Å². The first-order valence-electron chi connectivity index (χ1n) is 34.0. The van der Waals surface area contributed by atoms with E-state index in [2.05, 4.69) is 31.9 Å². The van der Waals surface area contributed by atoms with Gasteiger partial charge in [-0.25, -0.2) is 4.79 Å². The van der Waals surface area contributed by atoms with Crippen LogP contribution in [-0.4, -0.2) is 408 Å². The van der Waals surface area contributed by atoms with Crippen molar-refractivity contribution >= 4 is 41.4 Å². The second-order valence-electron chi connectivity index (χ2n) is 25.2. The molecular formula is C60H105N7O36. The van der Waals surface area contributed by atoms with E-state index in [1.807, 2.05) is 0 Å². The maximum atomic E-state index is 13.1. The molecular weight excluding hydrogens is 1390 g/mol. The van der Waals surface area contributed by atoms with Gasteiger partial charge in [0.15, 0.2) is 31.5 Å². The third kappa shape index (κ3) is 28.0. The molecule has 5 aliphatic heterocycles. The first-order chi connectivity index (χ1) is 49.0. The van der Waals surface area contributed by atoms with Gasteiger partial charge < -0.3 is 176 Å². The van der Waals surface area contributed by atoms with E-state index in [1.54, 1.807) is 0 Å². The van der Waals surface area contributed by atoms with E-state index >= 15 is 0 Å². The minimum Gasteiger partial charge on any atom is -0.480 e. The van der Waals surface area contributed by atoms with Crippen LogP contribution in [-0.2, 0) is 80.9 Å². The van der Waals surface area contributed by atoms with Gasteiger partial charge in [-0.15, -0.1) is 0 Å². The third-order valence-electron chi connectivity index (χ3n) is 17.3. The van der Waals surface area contributed by atoms with Gasteiger partial charge in [-0.1, -0.05) is 6.42 Å². The number of amides is 6. The summed E-state index contributed by atoms with van der Waals surface area (Å²) < 4.78 is 54.6. The van der Waals surface area contributed by atoms with Crippen LogP contribution in [0.4, 0.5) is 0 Å². The van der Waals surface area contributed by atoms with Crippen LogP contribution in [0.15, 0.2) is 0 Å². The number of nitrogens with zero attached hydrogens (tertiary/aromatic N) is 1. The number of aliphatic hydroxyl groups excluding tert-OH is 18. The minimum absolute atomic E-state index is 0.0143. The van der Waals surface area contributed by atoms with Gasteiger partial charge in [0, 0.05) is 52.0 Å². The van der Waals surface area contributed by atoms with E-state index in [0.717, 1.165) is 0 Å². The molecule has 0 aromatic heterocycles. The third-order valence-corrected chi connectivity index (χ3v) is 17.3. The molecule has 26 atom stereocenters. The zero-order valence-corrected chi connectivity index (χ0v) is 56.5. The number of rotatable bonds is 45. The molecule has 0 spiro atoms. The van der Waals surface area contributed by atoms with Crippen molar-refractivity contribution in [2.45, 2.75) is 230 Å². The summed E-state index contributed by atoms with van der Waals surface area (Å²) in [5.74, 6) is -4.56. The van der Waals surface area contributed by atoms with Gasteiger partial charge in [0.05, 0.1) is 72.5 Å². The predicted octanol–water partition coefficient (Wildman–Crippen LogP) is -14.2. The number of carboxylic acid groups (broad SMARTS) is 1. The quantitative estimate of drug-likeness (QED) is 0.0252. The summed E-state index contributed by atoms with van der Waals surface area (Å²) in [5, 5.41) is 208. The Morgan fingerprint density at radius 1 is 0.340 bits per heavy atom. The van der Waals surface area contributed by atoms with Gasteiger partial charge in [-0.05, 0) is 44.9 Å². The van der Waals surface area contributed by atoms with Crippen molar-refractivity contribution in [3.8, 4) is 0 Å². The van der Waals surface area contributed by atoms with Crippen LogP contribution in [0.1, 0.15) is 70.6 Å². The van der Waals surface area contributed by atoms with E-state index in [0.29, 0.717) is 38.5 Å². The molecule has 5 heterocycles. The Balaban J connectivity index is 0.946. The molecule has 0 bridgehead atoms. The molecule has 5 aliphatic rings. The fraction of sp³-hybridized carbons (Fsp3) is 0.883. The van der Waals surface area contributed by atoms with Crippen molar-refractivity contribution in [1.29, 1.82) is 0 Å². The lowest BCUT2D eigenvalue weighted by atomic mass is 9.96. The summed E-state index contributed by atoms with van der Waals surface area (Å²) in [6.45, 7) is -6.34. The highest BCUT2D eigenvalue weighted by atomic mass is 16.8. The molecule has 0 unspecified atom stereocenters. The monoisotopic (exact) mass is 1500 g/mol. The highest BCUT2D eigenvalue weighted by molar-refractivity contribution is 5.84. The molecule has 43 heteroatoms. The Morgan fingerprint density at radius 2 is 0.670 bits per heavy atom. The molecule has 43 nitrogen and oxygen atoms in total. The van der Waals surface area contributed by atoms with Crippen LogP contribution in [0.2, 0.25) is 0 Å². The molecule has 25 N–H and O–H groups in total. The number of carbonyl (C=O) groups is 7. The van der Waals surface area contributed by atoms with Gasteiger partial charge in [0.25, 0.3) is 0 Å². The second kappa shape index (κ2) is 45.7. The van der Waals surface area contributed by atoms with Gasteiger partial charge in [0.2, 0.25) is 35.4 Å². The lowest BCUT2D eigenvalue weighted by Crippen LogP contribution is -2.65. The Kier molecular flexibility index (Phi) is 39.4. The maximum absolute atomic E-state index is 13.1. The zero-order valence-electron chi connectivity index (χ0n) is 56.5. The molecule has 5 fully saturated rings. The van der Waals surface area contributed by atoms with Crippen molar-refractivity contribution in [2.24, 2.45) is 0 Å². The summed E-state index contributed by atoms with van der Waals surface area (Å²) in [6.07, 6.45) is -39.1. The number of unbranched alkanes of at least 4 members (excludes halogenated alkanes) is 4. The highest BCUT2D eigenvalue weighted by Gasteiger charge is 2.53. The molecule has 5 saturated heterocycles. The summed E-state index contributed by atoms with van der Waals surface area (Å²) in [5.41, 5.74) is 0. The van der Waals surface area contributed by atoms with Crippen LogP contribution >= 0.6 is 0 Å². The topological polar surface area (TPSA) is 672 Å². The van der Waals surface area contributed by atoms with E-state index in [1.165, 1.54) is 4.90 Å². The number of carbonyl (C=O) groups excluding carboxylic acids is 6. The second-order valence-corrected chi connectivity index (χ2v) is 25.2. The Hall–Kier alpha value is -4.87. The molecule has 0 aliphatic carbocycles. The standard InChI is InChI=1S/C60H105N7O36/c68-23-29-40(78)45(83)49(87)56(98-29)94-18-15-64-38(76)21-67(22-39(77)65-16-19-95-57-50(88)46(84)41(79)30(24-69)99-57)20-37(75)62-12-6-1-2-11-36(74)66-28(55(92)93)8-5-7-13-61-34(72)9-3-4-10-35(73)63-14-17-96-59-53(91)54(103-60-52(90)48(86)43(81)32(26-71)101-60)44(82)33(102-59)27-97-58-51(89)47(85)42(80)31(25-70)100-58/h28-33,40-54,56-60,68-71,78-91H,1-27H2,(H,61,72)(H,62,75)(H,63,73)(H,64,76)(H,65,77)(H,66,74)(H,92,93)/t28-,29+,30+,31+,32+,33+,40+,41+,42+,43+,44+,45-,46-,47-,48-,49+,50+,51-,52-,53-,54-,56-,57-,58-,59-,60+/m0/s1. The average molecular weight is 1500 g/mol. The molecule has 5 rings (SSSR count). The Bertz CT molecular complexity index is 2480. The van der Waals surface area contributed by atoms with Crippen molar-refractivity contribution in [3.05, 3.63) is 0 Å². The SMILES string of the molecule is O=C(CCCCC(=O)NCCO[C@H]1O[C@H](CO[C@H]2O[C@H](CO)[C@@H](O)[C@H](O)[C@@H]2O)[C@@H](O)[C@H](O[C@H]2O[C@H](CO)[C@@H](O)[C@H](O)[C@@H]2O)[C@@H]1O)NCCCC[C@H](NC(=O)CCCCCNC(=O)CN(CC(=O)NCCO[C@H]1O[C@H](CO)[C@@H](O)[C@H](O)[C@H]1O)CC(=O)NCCO[C@H]1O[C@H](CO)[C@@H](O)[C@H](O)[C@H]1O)C(=O)O. The van der Waals surface area contributed by atoms with Crippen molar-refractivity contribution in [2.75, 3.05) is 105 Å². The number of aliphatic carboxylic acids is 1. The first-order valence-corrected chi connectivity index (χ1v) is 34.0. The van der Waals surface area contributed by atoms with E-state index < -0.39 is 248 Å². The summed E-state index contributed by atoms with van der Waals surface area (Å²) in [6, 6.07) is -1.23. The van der Waals surface area contributed by atoms with E-state index in [4.69, 9.17) is 47.4 Å². The summed E-state index contributed by atoms with van der Waals surface area (Å²) in [4.78, 5) is 90.2. The fourth-order valence-electron chi connectivity index (χ4n) is 11.3. The highest BCUT2D eigenvalue weighted by Crippen LogP contribution is 2.32. The molecule has 0 saturated carbocycles. The van der Waals surface area contributed by atoms with Gasteiger partial charge in [-0.2, -0.15) is 0 Å². The summed E-state index contributed by atoms with van der Waals surface area (Å²) in [7, 11) is 0. The van der Waals surface area contributed by atoms with Gasteiger partial charge >= 0.3 is 5.97 Å². The lowest BCUT2D eigenvalue weighted by molar-refractivity contribution is -0.366. The van der Waals surface area contributed by atoms with Crippen LogP contribution in [0.5, 0.6) is 0 Å². The van der Waals surface area contributed by atoms with Crippen LogP contribution in [0.3, 0.4) is 0 Å². The number of hydrogen-bond donors (Lipinski definition) is 25. The predicted molar refractivity (Wildman–Crippen MR) is 336 cm³/mol. The number of carboxylic acids is 1. The molecule has 0 aromatic rings. The number of nitrogens with one attached hydrogen (secondary N) is 6. The number of aliphatic hydroxyl groups is 18. The van der Waals surface area contributed by atoms with E-state index in [-0.39, 0.29) is 90.6 Å². The normalized spacial score (nSPS) is 34.3. The molecule has 0 aromatic carbocycles. The zero-order chi connectivity index (χ0) is 76.0. The minimum atomic E-state index is -1.96. The first kappa shape index (κ1) is 88.8. The van der Waals surface area contributed by atoms with Crippen molar-refractivity contribution in [3.63, 3.8) is 0 Å². The largest absolute Gasteiger partial charge is 0.480 e. The van der Waals surface area contributed by atoms with Crippen LogP contribution in [0, 0.1) is 0 Å². The molecule has 103 heavy (non-hydrogen) atoms. The van der Waals surface area contributed by atoms with Gasteiger partial charge in [-0.3, -0.25) is 33.7 Å². The van der Waals surface area contributed by atoms with Crippen LogP contribution < -0.4 is 31.9 Å². The van der Waals surface area contributed by atoms with Crippen molar-refractivity contribution < 1.29 is 178 Å². The maximum Gasteiger partial charge on any atom is 0.326 e. The summed E-state index contributed by atoms with van der Waals surface area (Å²) >= 11 is 0. The lowest BCUT2D eigenvalue weighted by Gasteiger charge is -2.46. The number of ether oxygens (including phenoxy) is 10. The molecule has 596 valence electrons. The van der Waals surface area contributed by atoms with E-state index in [9.17, 15) is 131 Å². The number of hydrogen-bond acceptors (Lipinski definition) is 36. The average Bonchev–Trinajstić information content (AvgIpc) is 0.764. The van der Waals surface area contributed by atoms with Crippen LogP contribution in [0.25, 0.3) is 0 Å². The van der Waals surface area contributed by atoms with Crippen molar-refractivity contribution in [1.82, 2.24) is 36.8 Å². The molecule has 6 amide bonds. The molecule has 0 radical (unpaired) electrons. The Morgan fingerprint density at radius 3 is 1.09 bits per heavy atom. The fourth-order valence-corrected chi connectivity index (χ4v) is 11.3. The smallest absolute Gasteiger partial charge is 0.326 e. The Labute approximate surface area is 590 Å².